The third-order valence-electron chi connectivity index (χ3n) is 5.37. The van der Waals surface area contributed by atoms with Crippen molar-refractivity contribution in [3.63, 3.8) is 0 Å². The van der Waals surface area contributed by atoms with Gasteiger partial charge in [0.15, 0.2) is 11.6 Å². The van der Waals surface area contributed by atoms with Crippen LogP contribution in [-0.4, -0.2) is 33.9 Å². The number of hydrogen-bond acceptors (Lipinski definition) is 7. The Morgan fingerprint density at radius 2 is 2.03 bits per heavy atom. The molecule has 1 aliphatic rings. The van der Waals surface area contributed by atoms with E-state index in [1.165, 1.54) is 12.1 Å². The average molecular weight is 407 g/mol. The largest absolute Gasteiger partial charge is 0.482 e. The molecule has 1 atom stereocenters. The zero-order chi connectivity index (χ0) is 21.6. The van der Waals surface area contributed by atoms with Crippen LogP contribution in [0.4, 0.5) is 15.9 Å². The summed E-state index contributed by atoms with van der Waals surface area (Å²) < 4.78 is 21.7. The number of nitrogens with zero attached hydrogens (tertiary/aromatic N) is 6. The first-order chi connectivity index (χ1) is 14.3. The predicted molar refractivity (Wildman–Crippen MR) is 111 cm³/mol. The van der Waals surface area contributed by atoms with Gasteiger partial charge in [-0.25, -0.2) is 14.4 Å². The Balaban J connectivity index is 1.97. The summed E-state index contributed by atoms with van der Waals surface area (Å²) in [6, 6.07) is 8.57. The molecule has 0 radical (unpaired) electrons. The van der Waals surface area contributed by atoms with Crippen LogP contribution in [0.5, 0.6) is 5.75 Å². The summed E-state index contributed by atoms with van der Waals surface area (Å²) in [5.74, 6) is 0.235. The van der Waals surface area contributed by atoms with Gasteiger partial charge in [-0.15, -0.1) is 0 Å². The summed E-state index contributed by atoms with van der Waals surface area (Å²) in [4.78, 5) is 4.26. The predicted octanol–water partition coefficient (Wildman–Crippen LogP) is 3.01. The smallest absolute Gasteiger partial charge is 0.166 e. The molecule has 0 aliphatic carbocycles. The van der Waals surface area contributed by atoms with Gasteiger partial charge < -0.3 is 15.5 Å². The quantitative estimate of drug-likeness (QED) is 0.612. The minimum atomic E-state index is -0.492. The number of anilines is 2. The van der Waals surface area contributed by atoms with Crippen LogP contribution < -0.4 is 15.5 Å². The Hall–Kier alpha value is -3.64. The molecule has 154 valence electrons. The summed E-state index contributed by atoms with van der Waals surface area (Å²) in [5.41, 5.74) is 10.0. The number of hydrazine groups is 1. The van der Waals surface area contributed by atoms with Crippen molar-refractivity contribution in [1.29, 1.82) is 5.26 Å². The van der Waals surface area contributed by atoms with Crippen LogP contribution in [0.2, 0.25) is 0 Å². The van der Waals surface area contributed by atoms with E-state index in [9.17, 15) is 9.65 Å². The normalized spacial score (nSPS) is 16.5. The van der Waals surface area contributed by atoms with Crippen LogP contribution in [0.15, 0.2) is 30.5 Å². The van der Waals surface area contributed by atoms with E-state index in [0.717, 1.165) is 5.69 Å². The summed E-state index contributed by atoms with van der Waals surface area (Å²) in [6.07, 6.45) is 1.12. The molecule has 0 saturated heterocycles. The molecule has 0 saturated carbocycles. The average Bonchev–Trinajstić information content (AvgIpc) is 3.03. The van der Waals surface area contributed by atoms with Crippen LogP contribution >= 0.6 is 0 Å². The van der Waals surface area contributed by atoms with Crippen molar-refractivity contribution in [2.24, 2.45) is 7.05 Å². The minimum absolute atomic E-state index is 0.218. The van der Waals surface area contributed by atoms with Gasteiger partial charge in [0.25, 0.3) is 0 Å². The van der Waals surface area contributed by atoms with Gasteiger partial charge in [-0.3, -0.25) is 4.68 Å². The lowest BCUT2D eigenvalue weighted by Crippen LogP contribution is -2.37. The molecule has 2 bridgehead atoms. The number of nitrogens with two attached hydrogens (primary N) is 1. The number of hydrogen-bond donors (Lipinski definition) is 1. The van der Waals surface area contributed by atoms with Crippen LogP contribution in [-0.2, 0) is 13.6 Å². The molecule has 0 fully saturated rings. The highest BCUT2D eigenvalue weighted by atomic mass is 19.1. The molecule has 1 aliphatic heterocycles. The maximum atomic E-state index is 14.1. The molecule has 4 rings (SSSR count). The second-order valence-electron chi connectivity index (χ2n) is 7.32. The molecule has 0 unspecified atom stereocenters. The third-order valence-corrected chi connectivity index (χ3v) is 5.37. The molecule has 3 heterocycles. The highest BCUT2D eigenvalue weighted by molar-refractivity contribution is 5.74. The number of rotatable bonds is 0. The Bertz CT molecular complexity index is 1170. The summed E-state index contributed by atoms with van der Waals surface area (Å²) in [7, 11) is 5.52. The molecule has 0 spiro atoms. The first-order valence-corrected chi connectivity index (χ1v) is 9.43. The monoisotopic (exact) mass is 407 g/mol. The molecular formula is C21H22FN7O. The van der Waals surface area contributed by atoms with Crippen molar-refractivity contribution in [3.8, 4) is 22.9 Å². The molecule has 2 aromatic heterocycles. The number of nitrogen functional groups attached to an aromatic ring is 1. The fraction of sp³-hybridized carbons (Fsp3) is 0.286. The molecule has 0 amide bonds. The number of nitriles is 1. The van der Waals surface area contributed by atoms with Crippen LogP contribution in [0.25, 0.3) is 11.1 Å². The Kier molecular flexibility index (Phi) is 4.79. The van der Waals surface area contributed by atoms with Crippen LogP contribution in [0.1, 0.15) is 30.0 Å². The Morgan fingerprint density at radius 3 is 2.77 bits per heavy atom. The number of pyridine rings is 1. The van der Waals surface area contributed by atoms with Crippen molar-refractivity contribution in [2.45, 2.75) is 19.6 Å². The molecule has 9 heteroatoms. The maximum Gasteiger partial charge on any atom is 0.166 e. The summed E-state index contributed by atoms with van der Waals surface area (Å²) in [6.45, 7) is 2.26. The van der Waals surface area contributed by atoms with Gasteiger partial charge in [-0.05, 0) is 31.2 Å². The highest BCUT2D eigenvalue weighted by Crippen LogP contribution is 2.37. The summed E-state index contributed by atoms with van der Waals surface area (Å²) in [5, 5.41) is 18.1. The first kappa shape index (κ1) is 19.7. The Labute approximate surface area is 173 Å². The van der Waals surface area contributed by atoms with Crippen LogP contribution in [0.3, 0.4) is 0 Å². The molecule has 1 aromatic carbocycles. The van der Waals surface area contributed by atoms with Gasteiger partial charge in [-0.1, -0.05) is 0 Å². The molecule has 30 heavy (non-hydrogen) atoms. The second kappa shape index (κ2) is 7.31. The van der Waals surface area contributed by atoms with E-state index in [4.69, 9.17) is 10.5 Å². The number of benzene rings is 1. The number of aryl methyl sites for hydroxylation is 1. The fourth-order valence-electron chi connectivity index (χ4n) is 3.71. The molecule has 2 N–H and O–H groups in total. The van der Waals surface area contributed by atoms with Gasteiger partial charge in [0.1, 0.15) is 23.7 Å². The zero-order valence-electron chi connectivity index (χ0n) is 17.2. The van der Waals surface area contributed by atoms with Gasteiger partial charge in [0.2, 0.25) is 0 Å². The van der Waals surface area contributed by atoms with Gasteiger partial charge in [-0.2, -0.15) is 10.4 Å². The first-order valence-electron chi connectivity index (χ1n) is 9.43. The van der Waals surface area contributed by atoms with E-state index in [0.29, 0.717) is 40.4 Å². The lowest BCUT2D eigenvalue weighted by Gasteiger charge is -2.33. The van der Waals surface area contributed by atoms with Gasteiger partial charge >= 0.3 is 0 Å². The summed E-state index contributed by atoms with van der Waals surface area (Å²) >= 11 is 0. The van der Waals surface area contributed by atoms with E-state index < -0.39 is 6.10 Å². The number of ether oxygens (including phenoxy) is 1. The number of halogens is 1. The highest BCUT2D eigenvalue weighted by Gasteiger charge is 2.25. The van der Waals surface area contributed by atoms with Crippen molar-refractivity contribution in [3.05, 3.63) is 53.2 Å². The van der Waals surface area contributed by atoms with Crippen molar-refractivity contribution in [1.82, 2.24) is 19.8 Å². The lowest BCUT2D eigenvalue weighted by atomic mass is 10.0. The van der Waals surface area contributed by atoms with E-state index in [-0.39, 0.29) is 11.6 Å². The van der Waals surface area contributed by atoms with E-state index in [2.05, 4.69) is 16.2 Å². The zero-order valence-corrected chi connectivity index (χ0v) is 17.2. The van der Waals surface area contributed by atoms with E-state index in [1.807, 2.05) is 31.0 Å². The van der Waals surface area contributed by atoms with Gasteiger partial charge in [0.05, 0.1) is 17.9 Å². The third kappa shape index (κ3) is 3.21. The topological polar surface area (TPSA) is 96.2 Å². The van der Waals surface area contributed by atoms with Gasteiger partial charge in [0, 0.05) is 44.0 Å². The lowest BCUT2D eigenvalue weighted by molar-refractivity contribution is 0.225. The standard InChI is InChI=1S/C21H22FN7O/c1-12-15-8-14(22)5-6-17(15)29(4)27(2)11-16-20(18(9-23)28(3)26-16)13-7-19(30-12)21(24)25-10-13/h5-8,10,12H,11H2,1-4H3,(H2,24,25)/t12-/m1/s1. The minimum Gasteiger partial charge on any atom is -0.482 e. The fourth-order valence-corrected chi connectivity index (χ4v) is 3.71. The molecular weight excluding hydrogens is 385 g/mol. The number of fused-ring (bicyclic) bond motifs is 5. The maximum absolute atomic E-state index is 14.1. The second-order valence-corrected chi connectivity index (χ2v) is 7.32. The van der Waals surface area contributed by atoms with E-state index >= 15 is 0 Å². The van der Waals surface area contributed by atoms with Crippen molar-refractivity contribution in [2.75, 3.05) is 24.8 Å². The van der Waals surface area contributed by atoms with Crippen molar-refractivity contribution >= 4 is 11.5 Å². The Morgan fingerprint density at radius 1 is 1.27 bits per heavy atom. The molecule has 3 aromatic rings. The van der Waals surface area contributed by atoms with Crippen molar-refractivity contribution < 1.29 is 9.13 Å². The SMILES string of the molecule is C[C@H]1Oc2cc(cnc2N)-c2c(nn(C)c2C#N)CN(C)N(C)c2ccc(F)cc21. The molecule has 8 nitrogen and oxygen atoms in total. The van der Waals surface area contributed by atoms with E-state index in [1.54, 1.807) is 30.1 Å². The van der Waals surface area contributed by atoms with Crippen LogP contribution in [0, 0.1) is 17.1 Å². The number of aromatic nitrogens is 3.